The van der Waals surface area contributed by atoms with Gasteiger partial charge in [0.2, 0.25) is 5.41 Å². The molecular weight excluding hydrogens is 779 g/mol. The fourth-order valence-electron chi connectivity index (χ4n) is 6.90. The summed E-state index contributed by atoms with van der Waals surface area (Å²) in [7, 11) is 0. The predicted molar refractivity (Wildman–Crippen MR) is 217 cm³/mol. The fraction of sp³-hybridized carbons (Fsp3) is 0.120. The Balaban J connectivity index is 1.04. The lowest BCUT2D eigenvalue weighted by atomic mass is 9.73. The van der Waals surface area contributed by atoms with Crippen LogP contribution in [0.5, 0.6) is 23.0 Å². The maximum Gasteiger partial charge on any atom is 0.411 e. The van der Waals surface area contributed by atoms with E-state index in [1.54, 1.807) is 24.3 Å². The molecule has 7 aromatic rings. The summed E-state index contributed by atoms with van der Waals surface area (Å²) < 4.78 is 101. The minimum absolute atomic E-state index is 0.0159. The van der Waals surface area contributed by atoms with Gasteiger partial charge in [-0.25, -0.2) is 0 Å². The van der Waals surface area contributed by atoms with Crippen LogP contribution in [0.3, 0.4) is 0 Å². The number of ether oxygens (including phenoxy) is 2. The van der Waals surface area contributed by atoms with E-state index in [4.69, 9.17) is 9.47 Å². The second-order valence-corrected chi connectivity index (χ2v) is 14.4. The number of carbonyl (C=O) groups excluding carboxylic acids is 2. The first-order chi connectivity index (χ1) is 28.6. The molecule has 0 amide bonds. The van der Waals surface area contributed by atoms with Crippen LogP contribution >= 0.6 is 0 Å². The van der Waals surface area contributed by atoms with Gasteiger partial charge in [0.25, 0.3) is 0 Å². The van der Waals surface area contributed by atoms with Crippen molar-refractivity contribution in [3.63, 3.8) is 0 Å². The molecule has 302 valence electrons. The van der Waals surface area contributed by atoms with Gasteiger partial charge in [0.15, 0.2) is 11.6 Å². The standard InChI is InChI=1S/C50H36F6O4/c1-32-3-7-34(8-4-32)31-35-9-13-37(14-10-35)47(58)39-17-25-43(26-18-39)60-45-29-21-41(22-30-45)48(49(51,52)53,50(54,55)56)40-19-27-44(28-20-40)59-42-23-15-38(16-24-42)46(57)36-11-5-33(2)6-12-36/h3-30H,31H2,1-2H3. The van der Waals surface area contributed by atoms with Crippen molar-refractivity contribution in [2.75, 3.05) is 0 Å². The van der Waals surface area contributed by atoms with Gasteiger partial charge in [-0.05, 0) is 115 Å². The molecule has 0 fully saturated rings. The Morgan fingerprint density at radius 3 is 0.950 bits per heavy atom. The number of carbonyl (C=O) groups is 2. The smallest absolute Gasteiger partial charge is 0.411 e. The Morgan fingerprint density at radius 2 is 0.633 bits per heavy atom. The maximum atomic E-state index is 14.9. The highest BCUT2D eigenvalue weighted by atomic mass is 19.4. The molecule has 60 heavy (non-hydrogen) atoms. The molecular formula is C50H36F6O4. The zero-order valence-electron chi connectivity index (χ0n) is 32.3. The van der Waals surface area contributed by atoms with E-state index in [0.717, 1.165) is 71.6 Å². The normalized spacial score (nSPS) is 11.9. The maximum absolute atomic E-state index is 14.9. The number of aryl methyl sites for hydroxylation is 2. The first kappa shape index (κ1) is 41.2. The van der Waals surface area contributed by atoms with Crippen LogP contribution in [-0.4, -0.2) is 23.9 Å². The zero-order chi connectivity index (χ0) is 42.7. The molecule has 0 atom stereocenters. The van der Waals surface area contributed by atoms with Gasteiger partial charge in [-0.1, -0.05) is 108 Å². The van der Waals surface area contributed by atoms with E-state index in [0.29, 0.717) is 22.3 Å². The average molecular weight is 815 g/mol. The van der Waals surface area contributed by atoms with Crippen molar-refractivity contribution < 1.29 is 45.4 Å². The molecule has 10 heteroatoms. The first-order valence-corrected chi connectivity index (χ1v) is 18.8. The van der Waals surface area contributed by atoms with E-state index in [1.165, 1.54) is 54.1 Å². The zero-order valence-corrected chi connectivity index (χ0v) is 32.3. The minimum atomic E-state index is -5.81. The van der Waals surface area contributed by atoms with Crippen LogP contribution in [0.25, 0.3) is 0 Å². The molecule has 0 N–H and O–H groups in total. The third kappa shape index (κ3) is 8.73. The predicted octanol–water partition coefficient (Wildman–Crippen LogP) is 13.4. The molecule has 7 rings (SSSR count). The lowest BCUT2D eigenvalue weighted by molar-refractivity contribution is -0.288. The van der Waals surface area contributed by atoms with Crippen molar-refractivity contribution in [1.29, 1.82) is 0 Å². The van der Waals surface area contributed by atoms with Gasteiger partial charge in [-0.3, -0.25) is 9.59 Å². The van der Waals surface area contributed by atoms with Crippen LogP contribution in [0.15, 0.2) is 170 Å². The summed E-state index contributed by atoms with van der Waals surface area (Å²) >= 11 is 0. The SMILES string of the molecule is Cc1ccc(Cc2ccc(C(=O)c3ccc(Oc4ccc(C(c5ccc(Oc6ccc(C(=O)c7ccc(C)cc7)cc6)cc5)(C(F)(F)F)C(F)(F)F)cc4)cc3)cc2)cc1. The van der Waals surface area contributed by atoms with Crippen molar-refractivity contribution in [3.8, 4) is 23.0 Å². The van der Waals surface area contributed by atoms with Crippen molar-refractivity contribution >= 4 is 11.6 Å². The lowest BCUT2D eigenvalue weighted by Gasteiger charge is -2.38. The largest absolute Gasteiger partial charge is 0.457 e. The number of benzene rings is 7. The van der Waals surface area contributed by atoms with Crippen molar-refractivity contribution in [1.82, 2.24) is 0 Å². The van der Waals surface area contributed by atoms with E-state index in [2.05, 4.69) is 12.1 Å². The molecule has 0 unspecified atom stereocenters. The Hall–Kier alpha value is -6.94. The molecule has 0 saturated heterocycles. The molecule has 0 aliphatic heterocycles. The highest BCUT2D eigenvalue weighted by Gasteiger charge is 2.72. The Bertz CT molecular complexity index is 2560. The number of halogens is 6. The summed E-state index contributed by atoms with van der Waals surface area (Å²) in [6.07, 6.45) is -10.9. The van der Waals surface area contributed by atoms with Gasteiger partial charge in [0.05, 0.1) is 0 Å². The quantitative estimate of drug-likeness (QED) is 0.0911. The molecule has 0 radical (unpaired) electrons. The van der Waals surface area contributed by atoms with Crippen LogP contribution in [0.2, 0.25) is 0 Å². The number of hydrogen-bond acceptors (Lipinski definition) is 4. The molecule has 0 bridgehead atoms. The van der Waals surface area contributed by atoms with Gasteiger partial charge < -0.3 is 9.47 Å². The Labute approximate surface area is 342 Å². The van der Waals surface area contributed by atoms with Gasteiger partial charge in [0, 0.05) is 22.3 Å². The number of ketones is 2. The van der Waals surface area contributed by atoms with E-state index in [-0.39, 0.29) is 34.6 Å². The monoisotopic (exact) mass is 814 g/mol. The Morgan fingerprint density at radius 1 is 0.383 bits per heavy atom. The summed E-state index contributed by atoms with van der Waals surface area (Å²) in [5.74, 6) is -0.0562. The lowest BCUT2D eigenvalue weighted by Crippen LogP contribution is -2.54. The van der Waals surface area contributed by atoms with Crippen LogP contribution in [0.4, 0.5) is 26.3 Å². The van der Waals surface area contributed by atoms with E-state index < -0.39 is 28.9 Å². The Kier molecular flexibility index (Phi) is 11.5. The van der Waals surface area contributed by atoms with E-state index >= 15 is 0 Å². The van der Waals surface area contributed by atoms with Crippen LogP contribution in [0, 0.1) is 13.8 Å². The summed E-state index contributed by atoms with van der Waals surface area (Å²) in [6.45, 7) is 3.92. The molecule has 4 nitrogen and oxygen atoms in total. The second-order valence-electron chi connectivity index (χ2n) is 14.4. The summed E-state index contributed by atoms with van der Waals surface area (Å²) in [5, 5.41) is 0. The molecule has 0 aliphatic rings. The highest BCUT2D eigenvalue weighted by molar-refractivity contribution is 6.09. The third-order valence-corrected chi connectivity index (χ3v) is 10.2. The van der Waals surface area contributed by atoms with Crippen LogP contribution in [0.1, 0.15) is 65.2 Å². The number of hydrogen-bond donors (Lipinski definition) is 0. The molecule has 0 aliphatic carbocycles. The minimum Gasteiger partial charge on any atom is -0.457 e. The van der Waals surface area contributed by atoms with Gasteiger partial charge >= 0.3 is 12.4 Å². The van der Waals surface area contributed by atoms with E-state index in [1.807, 2.05) is 50.2 Å². The van der Waals surface area contributed by atoms with Gasteiger partial charge in [0.1, 0.15) is 23.0 Å². The van der Waals surface area contributed by atoms with Crippen LogP contribution < -0.4 is 9.47 Å². The average Bonchev–Trinajstić information content (AvgIpc) is 3.23. The van der Waals surface area contributed by atoms with Crippen molar-refractivity contribution in [2.24, 2.45) is 0 Å². The molecule has 0 heterocycles. The third-order valence-electron chi connectivity index (χ3n) is 10.2. The summed E-state index contributed by atoms with van der Waals surface area (Å²) in [6, 6.07) is 41.6. The van der Waals surface area contributed by atoms with Crippen molar-refractivity contribution in [3.05, 3.63) is 225 Å². The molecule has 0 spiro atoms. The topological polar surface area (TPSA) is 52.6 Å². The summed E-state index contributed by atoms with van der Waals surface area (Å²) in [5.41, 5.74) is -0.471. The molecule has 0 aromatic heterocycles. The second kappa shape index (κ2) is 16.7. The van der Waals surface area contributed by atoms with Crippen LogP contribution in [-0.2, 0) is 11.8 Å². The van der Waals surface area contributed by atoms with Gasteiger partial charge in [-0.15, -0.1) is 0 Å². The van der Waals surface area contributed by atoms with Gasteiger partial charge in [-0.2, -0.15) is 26.3 Å². The number of alkyl halides is 6. The van der Waals surface area contributed by atoms with E-state index in [9.17, 15) is 35.9 Å². The fourth-order valence-corrected chi connectivity index (χ4v) is 6.90. The first-order valence-electron chi connectivity index (χ1n) is 18.8. The highest BCUT2D eigenvalue weighted by Crippen LogP contribution is 2.56. The van der Waals surface area contributed by atoms with Crippen molar-refractivity contribution in [2.45, 2.75) is 38.0 Å². The summed E-state index contributed by atoms with van der Waals surface area (Å²) in [4.78, 5) is 26.0. The molecule has 7 aromatic carbocycles. The number of rotatable bonds is 12. The molecule has 0 saturated carbocycles.